The fourth-order valence-corrected chi connectivity index (χ4v) is 3.61. The number of hydrogen-bond acceptors (Lipinski definition) is 8. The highest BCUT2D eigenvalue weighted by molar-refractivity contribution is 6.00. The molecule has 9 nitrogen and oxygen atoms in total. The molecular weight excluding hydrogens is 439 g/mol. The van der Waals surface area contributed by atoms with Gasteiger partial charge in [-0.15, -0.1) is 0 Å². The average Bonchev–Trinajstić information content (AvgIpc) is 2.82. The van der Waals surface area contributed by atoms with Crippen LogP contribution in [0.5, 0.6) is 0 Å². The van der Waals surface area contributed by atoms with Gasteiger partial charge in [-0.3, -0.25) is 14.8 Å². The van der Waals surface area contributed by atoms with Crippen molar-refractivity contribution in [2.45, 2.75) is 44.5 Å². The maximum atomic E-state index is 14.1. The van der Waals surface area contributed by atoms with Gasteiger partial charge in [-0.25, -0.2) is 9.37 Å². The minimum absolute atomic E-state index is 0.0387. The molecule has 1 aliphatic rings. The topological polar surface area (TPSA) is 121 Å². The van der Waals surface area contributed by atoms with Crippen molar-refractivity contribution in [2.24, 2.45) is 0 Å². The number of benzene rings is 1. The van der Waals surface area contributed by atoms with Gasteiger partial charge in [0.25, 0.3) is 5.91 Å². The number of aliphatic hydroxyl groups is 1. The SMILES string of the molecule is CC(C)(O)C(F)CNC(=O)c1cnc(Nc2ccc3nccnc3c2)cc1NC1CCCOC1. The lowest BCUT2D eigenvalue weighted by Crippen LogP contribution is -2.42. The van der Waals surface area contributed by atoms with Crippen molar-refractivity contribution in [3.8, 4) is 0 Å². The van der Waals surface area contributed by atoms with Gasteiger partial charge >= 0.3 is 0 Å². The third-order valence-corrected chi connectivity index (χ3v) is 5.62. The van der Waals surface area contributed by atoms with Crippen molar-refractivity contribution in [3.63, 3.8) is 0 Å². The van der Waals surface area contributed by atoms with E-state index in [1.807, 2.05) is 18.2 Å². The van der Waals surface area contributed by atoms with Crippen molar-refractivity contribution in [3.05, 3.63) is 48.4 Å². The number of pyridine rings is 1. The first kappa shape index (κ1) is 23.8. The van der Waals surface area contributed by atoms with E-state index in [0.717, 1.165) is 29.6 Å². The summed E-state index contributed by atoms with van der Waals surface area (Å²) in [6.07, 6.45) is 4.93. The molecule has 0 radical (unpaired) electrons. The molecule has 2 aromatic heterocycles. The Bertz CT molecular complexity index is 1150. The lowest BCUT2D eigenvalue weighted by molar-refractivity contribution is -0.00177. The summed E-state index contributed by atoms with van der Waals surface area (Å²) in [5.74, 6) is 0.0463. The second-order valence-corrected chi connectivity index (χ2v) is 8.89. The van der Waals surface area contributed by atoms with Crippen molar-refractivity contribution in [1.29, 1.82) is 0 Å². The maximum Gasteiger partial charge on any atom is 0.255 e. The van der Waals surface area contributed by atoms with Gasteiger partial charge in [-0.05, 0) is 44.9 Å². The standard InChI is InChI=1S/C24H29FN6O3/c1-24(2,33)21(25)13-29-23(32)17-12-28-22(11-19(17)30-16-4-3-9-34-14-16)31-15-5-6-18-20(10-15)27-8-7-26-18/h5-8,10-12,16,21,33H,3-4,9,13-14H2,1-2H3,(H,29,32)(H2,28,30,31). The normalized spacial score (nSPS) is 17.2. The number of nitrogens with one attached hydrogen (secondary N) is 3. The molecule has 4 rings (SSSR count). The highest BCUT2D eigenvalue weighted by Crippen LogP contribution is 2.25. The second-order valence-electron chi connectivity index (χ2n) is 8.89. The summed E-state index contributed by atoms with van der Waals surface area (Å²) in [4.78, 5) is 25.8. The third-order valence-electron chi connectivity index (χ3n) is 5.62. The van der Waals surface area contributed by atoms with Gasteiger partial charge in [0, 0.05) is 43.0 Å². The van der Waals surface area contributed by atoms with E-state index in [2.05, 4.69) is 30.9 Å². The van der Waals surface area contributed by atoms with Gasteiger partial charge in [0.2, 0.25) is 0 Å². The van der Waals surface area contributed by atoms with Crippen LogP contribution in [0.4, 0.5) is 21.6 Å². The van der Waals surface area contributed by atoms with Crippen LogP contribution >= 0.6 is 0 Å². The number of carbonyl (C=O) groups is 1. The van der Waals surface area contributed by atoms with Crippen molar-refractivity contribution in [1.82, 2.24) is 20.3 Å². The molecule has 0 aliphatic carbocycles. The predicted molar refractivity (Wildman–Crippen MR) is 128 cm³/mol. The van der Waals surface area contributed by atoms with Crippen LogP contribution in [-0.4, -0.2) is 63.5 Å². The summed E-state index contributed by atoms with van der Waals surface area (Å²) in [6, 6.07) is 7.38. The third kappa shape index (κ3) is 5.95. The molecule has 1 fully saturated rings. The Labute approximate surface area is 197 Å². The largest absolute Gasteiger partial charge is 0.387 e. The predicted octanol–water partition coefficient (Wildman–Crippen LogP) is 3.20. The van der Waals surface area contributed by atoms with E-state index in [4.69, 9.17) is 4.74 Å². The minimum Gasteiger partial charge on any atom is -0.387 e. The van der Waals surface area contributed by atoms with Crippen LogP contribution < -0.4 is 16.0 Å². The number of carbonyl (C=O) groups excluding carboxylic acids is 1. The summed E-state index contributed by atoms with van der Waals surface area (Å²) >= 11 is 0. The Morgan fingerprint density at radius 3 is 2.76 bits per heavy atom. The molecule has 180 valence electrons. The molecule has 3 heterocycles. The van der Waals surface area contributed by atoms with Gasteiger partial charge in [0.15, 0.2) is 0 Å². The number of anilines is 3. The Morgan fingerprint density at radius 1 is 1.24 bits per heavy atom. The van der Waals surface area contributed by atoms with Gasteiger partial charge in [0.1, 0.15) is 12.0 Å². The van der Waals surface area contributed by atoms with E-state index in [1.165, 1.54) is 20.0 Å². The zero-order valence-corrected chi connectivity index (χ0v) is 19.2. The van der Waals surface area contributed by atoms with Crippen LogP contribution in [0.25, 0.3) is 11.0 Å². The number of aromatic nitrogens is 3. The number of halogens is 1. The number of hydrogen-bond donors (Lipinski definition) is 4. The zero-order chi connectivity index (χ0) is 24.1. The molecule has 1 saturated heterocycles. The van der Waals surface area contributed by atoms with Crippen LogP contribution in [0, 0.1) is 0 Å². The van der Waals surface area contributed by atoms with E-state index in [9.17, 15) is 14.3 Å². The fourth-order valence-electron chi connectivity index (χ4n) is 3.61. The summed E-state index contributed by atoms with van der Waals surface area (Å²) < 4.78 is 19.7. The van der Waals surface area contributed by atoms with Crippen LogP contribution in [0.1, 0.15) is 37.0 Å². The summed E-state index contributed by atoms with van der Waals surface area (Å²) in [6.45, 7) is 3.65. The smallest absolute Gasteiger partial charge is 0.255 e. The zero-order valence-electron chi connectivity index (χ0n) is 19.2. The Morgan fingerprint density at radius 2 is 2.03 bits per heavy atom. The molecular formula is C24H29FN6O3. The highest BCUT2D eigenvalue weighted by atomic mass is 19.1. The number of rotatable bonds is 8. The van der Waals surface area contributed by atoms with Crippen LogP contribution in [0.15, 0.2) is 42.9 Å². The van der Waals surface area contributed by atoms with Crippen LogP contribution in [-0.2, 0) is 4.74 Å². The fraction of sp³-hybridized carbons (Fsp3) is 0.417. The Kier molecular flexibility index (Phi) is 7.18. The second kappa shape index (κ2) is 10.3. The number of alkyl halides is 1. The monoisotopic (exact) mass is 468 g/mol. The molecule has 2 atom stereocenters. The lowest BCUT2D eigenvalue weighted by atomic mass is 10.0. The number of amides is 1. The summed E-state index contributed by atoms with van der Waals surface area (Å²) in [7, 11) is 0. The van der Waals surface area contributed by atoms with E-state index < -0.39 is 17.7 Å². The first-order chi connectivity index (χ1) is 16.3. The van der Waals surface area contributed by atoms with E-state index >= 15 is 0 Å². The van der Waals surface area contributed by atoms with Crippen molar-refractivity contribution in [2.75, 3.05) is 30.4 Å². The van der Waals surface area contributed by atoms with Gasteiger partial charge < -0.3 is 25.8 Å². The number of ether oxygens (including phenoxy) is 1. The first-order valence-corrected chi connectivity index (χ1v) is 11.3. The quantitative estimate of drug-likeness (QED) is 0.398. The van der Waals surface area contributed by atoms with Gasteiger partial charge in [-0.1, -0.05) is 0 Å². The maximum absolute atomic E-state index is 14.1. The molecule has 3 aromatic rings. The van der Waals surface area contributed by atoms with Gasteiger partial charge in [0.05, 0.1) is 41.0 Å². The molecule has 2 unspecified atom stereocenters. The molecule has 0 bridgehead atoms. The summed E-state index contributed by atoms with van der Waals surface area (Å²) in [5.41, 5.74) is 1.59. The van der Waals surface area contributed by atoms with E-state index in [1.54, 1.807) is 18.5 Å². The number of fused-ring (bicyclic) bond motifs is 1. The van der Waals surface area contributed by atoms with E-state index in [0.29, 0.717) is 24.7 Å². The van der Waals surface area contributed by atoms with E-state index in [-0.39, 0.29) is 18.2 Å². The molecule has 34 heavy (non-hydrogen) atoms. The van der Waals surface area contributed by atoms with Crippen LogP contribution in [0.3, 0.4) is 0 Å². The molecule has 4 N–H and O–H groups in total. The molecule has 10 heteroatoms. The summed E-state index contributed by atoms with van der Waals surface area (Å²) in [5, 5.41) is 19.0. The Hall–Kier alpha value is -3.37. The molecule has 0 spiro atoms. The van der Waals surface area contributed by atoms with Crippen molar-refractivity contribution < 1.29 is 19.0 Å². The Balaban J connectivity index is 1.55. The molecule has 0 saturated carbocycles. The first-order valence-electron chi connectivity index (χ1n) is 11.3. The highest BCUT2D eigenvalue weighted by Gasteiger charge is 2.27. The molecule has 1 aliphatic heterocycles. The number of nitrogens with zero attached hydrogens (tertiary/aromatic N) is 3. The lowest BCUT2D eigenvalue weighted by Gasteiger charge is -2.26. The molecule has 1 amide bonds. The van der Waals surface area contributed by atoms with Crippen LogP contribution in [0.2, 0.25) is 0 Å². The molecule has 1 aromatic carbocycles. The van der Waals surface area contributed by atoms with Crippen molar-refractivity contribution >= 4 is 34.1 Å². The van der Waals surface area contributed by atoms with Gasteiger partial charge in [-0.2, -0.15) is 0 Å². The minimum atomic E-state index is -1.61. The average molecular weight is 469 g/mol.